The van der Waals surface area contributed by atoms with Gasteiger partial charge >= 0.3 is 0 Å². The molecule has 1 saturated carbocycles. The second kappa shape index (κ2) is 4.27. The lowest BCUT2D eigenvalue weighted by atomic mass is 9.88. The zero-order valence-corrected chi connectivity index (χ0v) is 10.4. The molecule has 16 heavy (non-hydrogen) atoms. The van der Waals surface area contributed by atoms with Crippen molar-refractivity contribution in [3.8, 4) is 0 Å². The van der Waals surface area contributed by atoms with Crippen LogP contribution in [0.5, 0.6) is 0 Å². The lowest BCUT2D eigenvalue weighted by molar-refractivity contribution is 0.162. The fraction of sp³-hybridized carbons (Fsp3) is 0.733. The van der Waals surface area contributed by atoms with Crippen LogP contribution >= 0.6 is 0 Å². The highest BCUT2D eigenvalue weighted by Gasteiger charge is 2.30. The molecule has 1 heteroatoms. The van der Waals surface area contributed by atoms with Gasteiger partial charge < -0.3 is 4.90 Å². The SMILES string of the molecule is CC1CCCN(C2CCC2)C2=C1C=CCC2. The minimum Gasteiger partial charge on any atom is -0.372 e. The maximum Gasteiger partial charge on any atom is 0.0287 e. The van der Waals surface area contributed by atoms with E-state index >= 15 is 0 Å². The third-order valence-corrected chi connectivity index (χ3v) is 4.61. The van der Waals surface area contributed by atoms with Crippen LogP contribution in [0.25, 0.3) is 0 Å². The van der Waals surface area contributed by atoms with E-state index in [9.17, 15) is 0 Å². The molecular weight excluding hydrogens is 194 g/mol. The average molecular weight is 217 g/mol. The largest absolute Gasteiger partial charge is 0.372 e. The van der Waals surface area contributed by atoms with E-state index in [2.05, 4.69) is 24.0 Å². The van der Waals surface area contributed by atoms with Crippen molar-refractivity contribution in [3.63, 3.8) is 0 Å². The van der Waals surface area contributed by atoms with E-state index < -0.39 is 0 Å². The van der Waals surface area contributed by atoms with Gasteiger partial charge in [0.2, 0.25) is 0 Å². The van der Waals surface area contributed by atoms with Crippen molar-refractivity contribution in [2.75, 3.05) is 6.54 Å². The maximum absolute atomic E-state index is 2.77. The first-order valence-electron chi connectivity index (χ1n) is 7.02. The third-order valence-electron chi connectivity index (χ3n) is 4.61. The number of hydrogen-bond acceptors (Lipinski definition) is 1. The van der Waals surface area contributed by atoms with Gasteiger partial charge in [-0.1, -0.05) is 19.1 Å². The molecule has 0 saturated heterocycles. The second-order valence-electron chi connectivity index (χ2n) is 5.66. The monoisotopic (exact) mass is 217 g/mol. The summed E-state index contributed by atoms with van der Waals surface area (Å²) < 4.78 is 0. The molecule has 2 aliphatic carbocycles. The summed E-state index contributed by atoms with van der Waals surface area (Å²) in [5.74, 6) is 0.789. The van der Waals surface area contributed by atoms with E-state index in [-0.39, 0.29) is 0 Å². The van der Waals surface area contributed by atoms with Crippen LogP contribution in [0.1, 0.15) is 51.9 Å². The Balaban J connectivity index is 1.91. The molecule has 0 amide bonds. The lowest BCUT2D eigenvalue weighted by Crippen LogP contribution is -2.40. The first-order valence-corrected chi connectivity index (χ1v) is 7.02. The molecule has 1 unspecified atom stereocenters. The molecule has 1 atom stereocenters. The fourth-order valence-electron chi connectivity index (χ4n) is 3.39. The highest BCUT2D eigenvalue weighted by atomic mass is 15.2. The van der Waals surface area contributed by atoms with Crippen molar-refractivity contribution < 1.29 is 0 Å². The van der Waals surface area contributed by atoms with Crippen LogP contribution in [0.3, 0.4) is 0 Å². The summed E-state index contributed by atoms with van der Waals surface area (Å²) in [7, 11) is 0. The Morgan fingerprint density at radius 2 is 2.06 bits per heavy atom. The van der Waals surface area contributed by atoms with Gasteiger partial charge in [0.25, 0.3) is 0 Å². The van der Waals surface area contributed by atoms with Crippen LogP contribution in [0.4, 0.5) is 0 Å². The summed E-state index contributed by atoms with van der Waals surface area (Å²) >= 11 is 0. The summed E-state index contributed by atoms with van der Waals surface area (Å²) in [4.78, 5) is 2.77. The Labute approximate surface area is 99.2 Å². The molecule has 0 aromatic rings. The van der Waals surface area contributed by atoms with Crippen molar-refractivity contribution in [2.45, 2.75) is 57.9 Å². The minimum atomic E-state index is 0.789. The molecule has 0 spiro atoms. The quantitative estimate of drug-likeness (QED) is 0.644. The van der Waals surface area contributed by atoms with E-state index in [0.717, 1.165) is 12.0 Å². The van der Waals surface area contributed by atoms with E-state index in [1.165, 1.54) is 51.5 Å². The second-order valence-corrected chi connectivity index (χ2v) is 5.66. The summed E-state index contributed by atoms with van der Waals surface area (Å²) in [6.07, 6.45) is 14.4. The number of rotatable bonds is 1. The molecule has 0 aromatic heterocycles. The Morgan fingerprint density at radius 3 is 2.81 bits per heavy atom. The van der Waals surface area contributed by atoms with Gasteiger partial charge in [-0.3, -0.25) is 0 Å². The van der Waals surface area contributed by atoms with Crippen LogP contribution in [-0.4, -0.2) is 17.5 Å². The predicted octanol–water partition coefficient (Wildman–Crippen LogP) is 3.87. The fourth-order valence-corrected chi connectivity index (χ4v) is 3.39. The van der Waals surface area contributed by atoms with Gasteiger partial charge in [0, 0.05) is 18.3 Å². The Morgan fingerprint density at radius 1 is 1.19 bits per heavy atom. The first-order chi connectivity index (χ1) is 7.86. The van der Waals surface area contributed by atoms with Crippen LogP contribution < -0.4 is 0 Å². The predicted molar refractivity (Wildman–Crippen MR) is 68.1 cm³/mol. The topological polar surface area (TPSA) is 3.24 Å². The zero-order valence-electron chi connectivity index (χ0n) is 10.4. The average Bonchev–Trinajstić information content (AvgIpc) is 2.39. The molecule has 1 nitrogen and oxygen atoms in total. The van der Waals surface area contributed by atoms with Crippen LogP contribution in [-0.2, 0) is 0 Å². The Bertz CT molecular complexity index is 322. The summed E-state index contributed by atoms with van der Waals surface area (Å²) in [6, 6.07) is 0.891. The zero-order chi connectivity index (χ0) is 11.0. The highest BCUT2D eigenvalue weighted by Crippen LogP contribution is 2.38. The van der Waals surface area contributed by atoms with Gasteiger partial charge in [-0.2, -0.15) is 0 Å². The summed E-state index contributed by atoms with van der Waals surface area (Å²) in [5.41, 5.74) is 3.37. The van der Waals surface area contributed by atoms with Gasteiger partial charge in [-0.25, -0.2) is 0 Å². The van der Waals surface area contributed by atoms with Gasteiger partial charge in [-0.15, -0.1) is 0 Å². The van der Waals surface area contributed by atoms with Gasteiger partial charge in [0.15, 0.2) is 0 Å². The molecule has 1 heterocycles. The van der Waals surface area contributed by atoms with Gasteiger partial charge in [0.1, 0.15) is 0 Å². The van der Waals surface area contributed by atoms with E-state index in [4.69, 9.17) is 0 Å². The smallest absolute Gasteiger partial charge is 0.0287 e. The molecule has 3 rings (SSSR count). The molecule has 0 bridgehead atoms. The molecule has 0 radical (unpaired) electrons. The maximum atomic E-state index is 2.77. The first kappa shape index (κ1) is 10.4. The van der Waals surface area contributed by atoms with E-state index in [0.29, 0.717) is 0 Å². The molecule has 0 N–H and O–H groups in total. The molecular formula is C15H23N. The highest BCUT2D eigenvalue weighted by molar-refractivity contribution is 5.32. The van der Waals surface area contributed by atoms with E-state index in [1.807, 2.05) is 0 Å². The molecule has 1 aliphatic heterocycles. The van der Waals surface area contributed by atoms with Crippen molar-refractivity contribution in [1.82, 2.24) is 4.90 Å². The summed E-state index contributed by atoms with van der Waals surface area (Å²) in [5, 5.41) is 0. The lowest BCUT2D eigenvalue weighted by Gasteiger charge is -2.41. The standard InChI is InChI=1S/C15H23N/c1-12-6-5-11-16(13-7-4-8-13)15-10-3-2-9-14(12)15/h2,9,12-13H,3-8,10-11H2,1H3. The molecule has 1 fully saturated rings. The van der Waals surface area contributed by atoms with Crippen molar-refractivity contribution in [3.05, 3.63) is 23.4 Å². The van der Waals surface area contributed by atoms with Crippen LogP contribution in [0, 0.1) is 5.92 Å². The third kappa shape index (κ3) is 1.70. The van der Waals surface area contributed by atoms with Crippen LogP contribution in [0.15, 0.2) is 23.4 Å². The van der Waals surface area contributed by atoms with Gasteiger partial charge in [-0.05, 0) is 56.4 Å². The number of nitrogens with zero attached hydrogens (tertiary/aromatic N) is 1. The van der Waals surface area contributed by atoms with Crippen molar-refractivity contribution in [1.29, 1.82) is 0 Å². The minimum absolute atomic E-state index is 0.789. The molecule has 3 aliphatic rings. The molecule has 0 aromatic carbocycles. The normalized spacial score (nSPS) is 31.1. The molecule has 88 valence electrons. The van der Waals surface area contributed by atoms with Crippen molar-refractivity contribution in [2.24, 2.45) is 5.92 Å². The van der Waals surface area contributed by atoms with E-state index in [1.54, 1.807) is 11.3 Å². The summed E-state index contributed by atoms with van der Waals surface area (Å²) in [6.45, 7) is 3.73. The number of hydrogen-bond donors (Lipinski definition) is 0. The van der Waals surface area contributed by atoms with Crippen LogP contribution in [0.2, 0.25) is 0 Å². The van der Waals surface area contributed by atoms with Crippen molar-refractivity contribution >= 4 is 0 Å². The Kier molecular flexibility index (Phi) is 2.79. The van der Waals surface area contributed by atoms with Gasteiger partial charge in [0.05, 0.1) is 0 Å². The number of allylic oxidation sites excluding steroid dienone is 4. The Hall–Kier alpha value is -0.720.